The minimum atomic E-state index is -0.369. The third-order valence-corrected chi connectivity index (χ3v) is 3.41. The summed E-state index contributed by atoms with van der Waals surface area (Å²) in [4.78, 5) is 16.1. The Morgan fingerprint density at radius 3 is 2.65 bits per heavy atom. The zero-order chi connectivity index (χ0) is 14.1. The second-order valence-corrected chi connectivity index (χ2v) is 5.18. The van der Waals surface area contributed by atoms with Gasteiger partial charge in [-0.1, -0.05) is 38.1 Å². The molecule has 0 bridgehead atoms. The fraction of sp³-hybridized carbons (Fsp3) is 0.250. The third-order valence-electron chi connectivity index (χ3n) is 3.41. The van der Waals surface area contributed by atoms with Crippen LogP contribution in [0.3, 0.4) is 0 Å². The van der Waals surface area contributed by atoms with E-state index >= 15 is 0 Å². The van der Waals surface area contributed by atoms with Crippen molar-refractivity contribution < 1.29 is 4.42 Å². The lowest BCUT2D eigenvalue weighted by Gasteiger charge is -2.07. The van der Waals surface area contributed by atoms with Crippen LogP contribution in [0.1, 0.15) is 30.9 Å². The van der Waals surface area contributed by atoms with Crippen LogP contribution in [0.4, 0.5) is 0 Å². The van der Waals surface area contributed by atoms with Crippen LogP contribution in [-0.4, -0.2) is 9.55 Å². The van der Waals surface area contributed by atoms with Crippen molar-refractivity contribution in [1.82, 2.24) is 9.55 Å². The van der Waals surface area contributed by atoms with Crippen molar-refractivity contribution in [3.05, 3.63) is 64.3 Å². The summed E-state index contributed by atoms with van der Waals surface area (Å²) in [6, 6.07) is 11.8. The van der Waals surface area contributed by atoms with E-state index in [4.69, 9.17) is 4.42 Å². The van der Waals surface area contributed by atoms with E-state index in [9.17, 15) is 4.79 Å². The van der Waals surface area contributed by atoms with Gasteiger partial charge in [0.2, 0.25) is 0 Å². The molecule has 20 heavy (non-hydrogen) atoms. The van der Waals surface area contributed by atoms with Crippen LogP contribution in [0.15, 0.2) is 51.8 Å². The highest BCUT2D eigenvalue weighted by atomic mass is 16.4. The van der Waals surface area contributed by atoms with Crippen molar-refractivity contribution in [2.75, 3.05) is 0 Å². The van der Waals surface area contributed by atoms with Crippen LogP contribution < -0.4 is 5.76 Å². The standard InChI is InChI=1S/C16H16N2O2/c1-11(2)13-7-5-12(6-8-13)10-18-15-14(20-16(18)19)4-3-9-17-15/h3-9,11H,10H2,1-2H3. The van der Waals surface area contributed by atoms with E-state index in [1.165, 1.54) is 5.56 Å². The number of rotatable bonds is 3. The molecule has 0 unspecified atom stereocenters. The van der Waals surface area contributed by atoms with Crippen LogP contribution in [0.2, 0.25) is 0 Å². The Morgan fingerprint density at radius 2 is 1.95 bits per heavy atom. The maximum absolute atomic E-state index is 11.9. The van der Waals surface area contributed by atoms with Gasteiger partial charge in [0, 0.05) is 6.20 Å². The summed E-state index contributed by atoms with van der Waals surface area (Å²) < 4.78 is 6.73. The first-order valence-electron chi connectivity index (χ1n) is 6.68. The zero-order valence-electron chi connectivity index (χ0n) is 11.5. The Hall–Kier alpha value is -2.36. The lowest BCUT2D eigenvalue weighted by molar-refractivity contribution is 0.517. The highest BCUT2D eigenvalue weighted by Crippen LogP contribution is 2.16. The number of benzene rings is 1. The van der Waals surface area contributed by atoms with Crippen LogP contribution in [0.25, 0.3) is 11.2 Å². The van der Waals surface area contributed by atoms with Gasteiger partial charge in [-0.05, 0) is 29.2 Å². The number of nitrogens with zero attached hydrogens (tertiary/aromatic N) is 2. The number of hydrogen-bond donors (Lipinski definition) is 0. The number of pyridine rings is 1. The smallest absolute Gasteiger partial charge is 0.406 e. The van der Waals surface area contributed by atoms with Gasteiger partial charge in [-0.3, -0.25) is 4.57 Å². The van der Waals surface area contributed by atoms with Gasteiger partial charge >= 0.3 is 5.76 Å². The SMILES string of the molecule is CC(C)c1ccc(Cn2c(=O)oc3cccnc32)cc1. The van der Waals surface area contributed by atoms with Crippen molar-refractivity contribution in [2.45, 2.75) is 26.3 Å². The molecule has 3 rings (SSSR count). The molecule has 0 atom stereocenters. The second-order valence-electron chi connectivity index (χ2n) is 5.18. The molecular formula is C16H16N2O2. The first-order valence-corrected chi connectivity index (χ1v) is 6.68. The molecule has 0 amide bonds. The zero-order valence-corrected chi connectivity index (χ0v) is 11.5. The van der Waals surface area contributed by atoms with E-state index in [1.54, 1.807) is 22.9 Å². The number of fused-ring (bicyclic) bond motifs is 1. The predicted octanol–water partition coefficient (Wildman–Crippen LogP) is 3.16. The molecule has 0 aliphatic heterocycles. The fourth-order valence-corrected chi connectivity index (χ4v) is 2.23. The van der Waals surface area contributed by atoms with Gasteiger partial charge in [0.1, 0.15) is 0 Å². The summed E-state index contributed by atoms with van der Waals surface area (Å²) in [5.41, 5.74) is 3.46. The first-order chi connectivity index (χ1) is 9.65. The molecule has 2 aromatic heterocycles. The maximum Gasteiger partial charge on any atom is 0.421 e. The minimum Gasteiger partial charge on any atom is -0.406 e. The van der Waals surface area contributed by atoms with E-state index in [0.717, 1.165) is 5.56 Å². The highest BCUT2D eigenvalue weighted by molar-refractivity contribution is 5.67. The Balaban J connectivity index is 1.97. The summed E-state index contributed by atoms with van der Waals surface area (Å²) in [6.07, 6.45) is 1.66. The highest BCUT2D eigenvalue weighted by Gasteiger charge is 2.10. The molecule has 2 heterocycles. The van der Waals surface area contributed by atoms with E-state index in [-0.39, 0.29) is 5.76 Å². The van der Waals surface area contributed by atoms with Crippen molar-refractivity contribution in [3.8, 4) is 0 Å². The monoisotopic (exact) mass is 268 g/mol. The van der Waals surface area contributed by atoms with Gasteiger partial charge in [0.05, 0.1) is 6.54 Å². The second kappa shape index (κ2) is 4.96. The van der Waals surface area contributed by atoms with Crippen LogP contribution in [0.5, 0.6) is 0 Å². The molecule has 0 N–H and O–H groups in total. The third kappa shape index (κ3) is 2.25. The summed E-state index contributed by atoms with van der Waals surface area (Å²) in [5, 5.41) is 0. The Labute approximate surface area is 116 Å². The van der Waals surface area contributed by atoms with E-state index in [0.29, 0.717) is 23.7 Å². The minimum absolute atomic E-state index is 0.369. The van der Waals surface area contributed by atoms with Crippen molar-refractivity contribution >= 4 is 11.2 Å². The molecule has 0 aliphatic rings. The Morgan fingerprint density at radius 1 is 1.20 bits per heavy atom. The van der Waals surface area contributed by atoms with Gasteiger partial charge < -0.3 is 4.42 Å². The van der Waals surface area contributed by atoms with Gasteiger partial charge in [-0.2, -0.15) is 0 Å². The quantitative estimate of drug-likeness (QED) is 0.733. The number of hydrogen-bond acceptors (Lipinski definition) is 3. The predicted molar refractivity (Wildman–Crippen MR) is 77.9 cm³/mol. The molecule has 0 radical (unpaired) electrons. The van der Waals surface area contributed by atoms with E-state index < -0.39 is 0 Å². The molecular weight excluding hydrogens is 252 g/mol. The average molecular weight is 268 g/mol. The molecule has 0 saturated heterocycles. The largest absolute Gasteiger partial charge is 0.421 e. The summed E-state index contributed by atoms with van der Waals surface area (Å²) in [7, 11) is 0. The summed E-state index contributed by atoms with van der Waals surface area (Å²) in [5.74, 6) is 0.134. The maximum atomic E-state index is 11.9. The lowest BCUT2D eigenvalue weighted by Crippen LogP contribution is -2.15. The molecule has 4 heteroatoms. The molecule has 4 nitrogen and oxygen atoms in total. The van der Waals surface area contributed by atoms with Crippen molar-refractivity contribution in [3.63, 3.8) is 0 Å². The first kappa shape index (κ1) is 12.7. The Kier molecular flexibility index (Phi) is 3.14. The molecule has 0 spiro atoms. The van der Waals surface area contributed by atoms with E-state index in [2.05, 4.69) is 31.0 Å². The van der Waals surface area contributed by atoms with Crippen LogP contribution in [0, 0.1) is 0 Å². The van der Waals surface area contributed by atoms with Crippen molar-refractivity contribution in [1.29, 1.82) is 0 Å². The molecule has 3 aromatic rings. The molecule has 0 saturated carbocycles. The van der Waals surface area contributed by atoms with Crippen molar-refractivity contribution in [2.24, 2.45) is 0 Å². The van der Waals surface area contributed by atoms with Crippen LogP contribution >= 0.6 is 0 Å². The molecule has 1 aromatic carbocycles. The molecule has 0 fully saturated rings. The van der Waals surface area contributed by atoms with E-state index in [1.807, 2.05) is 12.1 Å². The van der Waals surface area contributed by atoms with Gasteiger partial charge in [-0.15, -0.1) is 0 Å². The molecule has 0 aliphatic carbocycles. The van der Waals surface area contributed by atoms with Crippen LogP contribution in [-0.2, 0) is 6.54 Å². The van der Waals surface area contributed by atoms with Gasteiger partial charge in [-0.25, -0.2) is 9.78 Å². The topological polar surface area (TPSA) is 48.0 Å². The summed E-state index contributed by atoms with van der Waals surface area (Å²) >= 11 is 0. The lowest BCUT2D eigenvalue weighted by atomic mass is 10.0. The fourth-order valence-electron chi connectivity index (χ4n) is 2.23. The summed E-state index contributed by atoms with van der Waals surface area (Å²) in [6.45, 7) is 4.79. The normalized spacial score (nSPS) is 11.3. The number of oxazole rings is 1. The van der Waals surface area contributed by atoms with Gasteiger partial charge in [0.15, 0.2) is 11.2 Å². The average Bonchev–Trinajstić information content (AvgIpc) is 2.76. The molecule has 102 valence electrons. The number of aromatic nitrogens is 2. The van der Waals surface area contributed by atoms with Gasteiger partial charge in [0.25, 0.3) is 0 Å². The Bertz CT molecular complexity index is 782.